The predicted molar refractivity (Wildman–Crippen MR) is 90.0 cm³/mol. The number of hydrogen-bond donors (Lipinski definition) is 1. The molecular weight excluding hydrogens is 294 g/mol. The van der Waals surface area contributed by atoms with Crippen LogP contribution in [0.25, 0.3) is 0 Å². The number of nitrogens with zero attached hydrogens (tertiary/aromatic N) is 1. The van der Waals surface area contributed by atoms with Gasteiger partial charge >= 0.3 is 0 Å². The Bertz CT molecular complexity index is 532. The smallest absolute Gasteiger partial charge is 0.165 e. The zero-order valence-corrected chi connectivity index (χ0v) is 14.9. The summed E-state index contributed by atoms with van der Waals surface area (Å²) in [5.41, 5.74) is 0.0733. The number of ether oxygens (including phenoxy) is 3. The Balaban J connectivity index is 2.15. The van der Waals surface area contributed by atoms with E-state index in [9.17, 15) is 5.11 Å². The molecule has 1 N–H and O–H groups in total. The van der Waals surface area contributed by atoms with Crippen LogP contribution in [0, 0.1) is 5.41 Å². The molecule has 0 unspecified atom stereocenters. The topological polar surface area (TPSA) is 51.2 Å². The van der Waals surface area contributed by atoms with Gasteiger partial charge in [0.25, 0.3) is 0 Å². The molecule has 130 valence electrons. The molecule has 0 spiro atoms. The standard InChI is InChI=1S/C18H29NO4/c1-17(2)12-19(10-9-18(17,20)13-21-3)11-14-7-6-8-15(22-4)16(14)23-5/h6-8,20H,9-13H2,1-5H3/t18-/m1/s1. The molecule has 0 aromatic heterocycles. The van der Waals surface area contributed by atoms with E-state index in [-0.39, 0.29) is 5.41 Å². The number of methoxy groups -OCH3 is 3. The Labute approximate surface area is 139 Å². The first-order valence-electron chi connectivity index (χ1n) is 8.00. The number of hydrogen-bond acceptors (Lipinski definition) is 5. The minimum absolute atomic E-state index is 0.243. The second-order valence-electron chi connectivity index (χ2n) is 6.96. The van der Waals surface area contributed by atoms with Crippen LogP contribution in [0.3, 0.4) is 0 Å². The van der Waals surface area contributed by atoms with Gasteiger partial charge in [0.2, 0.25) is 0 Å². The fourth-order valence-corrected chi connectivity index (χ4v) is 3.43. The lowest BCUT2D eigenvalue weighted by Gasteiger charge is -2.50. The lowest BCUT2D eigenvalue weighted by Crippen LogP contribution is -2.59. The van der Waals surface area contributed by atoms with Crippen molar-refractivity contribution in [1.82, 2.24) is 4.90 Å². The molecule has 0 saturated carbocycles. The first kappa shape index (κ1) is 18.0. The van der Waals surface area contributed by atoms with Crippen LogP contribution in [-0.4, -0.2) is 56.6 Å². The summed E-state index contributed by atoms with van der Waals surface area (Å²) < 4.78 is 16.1. The number of para-hydroxylation sites is 1. The van der Waals surface area contributed by atoms with Crippen LogP contribution in [0.1, 0.15) is 25.8 Å². The van der Waals surface area contributed by atoms with Crippen molar-refractivity contribution in [2.45, 2.75) is 32.4 Å². The largest absolute Gasteiger partial charge is 0.493 e. The Kier molecular flexibility index (Phi) is 5.55. The highest BCUT2D eigenvalue weighted by molar-refractivity contribution is 5.46. The summed E-state index contributed by atoms with van der Waals surface area (Å²) in [4.78, 5) is 2.35. The minimum Gasteiger partial charge on any atom is -0.493 e. The maximum atomic E-state index is 10.9. The Morgan fingerprint density at radius 1 is 1.17 bits per heavy atom. The van der Waals surface area contributed by atoms with Crippen molar-refractivity contribution in [3.05, 3.63) is 23.8 Å². The molecule has 0 aliphatic carbocycles. The molecule has 1 fully saturated rings. The lowest BCUT2D eigenvalue weighted by atomic mass is 9.70. The van der Waals surface area contributed by atoms with E-state index in [1.54, 1.807) is 21.3 Å². The van der Waals surface area contributed by atoms with Gasteiger partial charge in [-0.2, -0.15) is 0 Å². The quantitative estimate of drug-likeness (QED) is 0.871. The van der Waals surface area contributed by atoms with Crippen molar-refractivity contribution in [2.75, 3.05) is 41.0 Å². The number of rotatable bonds is 6. The van der Waals surface area contributed by atoms with E-state index >= 15 is 0 Å². The molecule has 0 bridgehead atoms. The van der Waals surface area contributed by atoms with E-state index in [0.29, 0.717) is 13.0 Å². The summed E-state index contributed by atoms with van der Waals surface area (Å²) in [5.74, 6) is 1.53. The molecule has 1 heterocycles. The molecule has 1 aliphatic heterocycles. The monoisotopic (exact) mass is 323 g/mol. The Morgan fingerprint density at radius 3 is 2.48 bits per heavy atom. The fourth-order valence-electron chi connectivity index (χ4n) is 3.43. The van der Waals surface area contributed by atoms with E-state index in [0.717, 1.165) is 36.7 Å². The van der Waals surface area contributed by atoms with E-state index < -0.39 is 5.60 Å². The molecule has 5 heteroatoms. The Hall–Kier alpha value is -1.30. The maximum absolute atomic E-state index is 10.9. The van der Waals surface area contributed by atoms with Crippen LogP contribution >= 0.6 is 0 Å². The summed E-state index contributed by atoms with van der Waals surface area (Å²) in [6.45, 7) is 6.96. The van der Waals surface area contributed by atoms with Crippen LogP contribution in [-0.2, 0) is 11.3 Å². The number of likely N-dealkylation sites (tertiary alicyclic amines) is 1. The molecular formula is C18H29NO4. The first-order chi connectivity index (χ1) is 10.9. The molecule has 1 aromatic rings. The normalized spacial score (nSPS) is 24.4. The third kappa shape index (κ3) is 3.62. The third-order valence-electron chi connectivity index (χ3n) is 4.98. The van der Waals surface area contributed by atoms with Gasteiger partial charge in [0.1, 0.15) is 0 Å². The van der Waals surface area contributed by atoms with Crippen molar-refractivity contribution in [2.24, 2.45) is 5.41 Å². The van der Waals surface area contributed by atoms with Crippen molar-refractivity contribution in [3.8, 4) is 11.5 Å². The van der Waals surface area contributed by atoms with Crippen molar-refractivity contribution in [3.63, 3.8) is 0 Å². The Morgan fingerprint density at radius 2 is 1.91 bits per heavy atom. The molecule has 5 nitrogen and oxygen atoms in total. The van der Waals surface area contributed by atoms with Crippen LogP contribution in [0.2, 0.25) is 0 Å². The van der Waals surface area contributed by atoms with Crippen LogP contribution < -0.4 is 9.47 Å². The summed E-state index contributed by atoms with van der Waals surface area (Å²) in [5, 5.41) is 10.9. The summed E-state index contributed by atoms with van der Waals surface area (Å²) >= 11 is 0. The molecule has 23 heavy (non-hydrogen) atoms. The van der Waals surface area contributed by atoms with E-state index in [2.05, 4.69) is 24.8 Å². The molecule has 1 aromatic carbocycles. The van der Waals surface area contributed by atoms with Gasteiger partial charge in [-0.25, -0.2) is 0 Å². The molecule has 1 aliphatic rings. The van der Waals surface area contributed by atoms with Gasteiger partial charge < -0.3 is 19.3 Å². The highest BCUT2D eigenvalue weighted by atomic mass is 16.5. The van der Waals surface area contributed by atoms with Gasteiger partial charge in [-0.05, 0) is 12.5 Å². The van der Waals surface area contributed by atoms with Crippen molar-refractivity contribution in [1.29, 1.82) is 0 Å². The molecule has 1 saturated heterocycles. The summed E-state index contributed by atoms with van der Waals surface area (Å²) in [7, 11) is 4.96. The predicted octanol–water partition coefficient (Wildman–Crippen LogP) is 2.31. The highest BCUT2D eigenvalue weighted by Gasteiger charge is 2.47. The van der Waals surface area contributed by atoms with E-state index in [1.807, 2.05) is 12.1 Å². The average Bonchev–Trinajstić information content (AvgIpc) is 2.51. The SMILES string of the molecule is COC[C@]1(O)CCN(Cc2cccc(OC)c2OC)CC1(C)C. The number of piperidine rings is 1. The van der Waals surface area contributed by atoms with Gasteiger partial charge in [0.15, 0.2) is 11.5 Å². The maximum Gasteiger partial charge on any atom is 0.165 e. The third-order valence-corrected chi connectivity index (χ3v) is 4.98. The van der Waals surface area contributed by atoms with Gasteiger partial charge in [-0.15, -0.1) is 0 Å². The zero-order chi connectivity index (χ0) is 17.1. The summed E-state index contributed by atoms with van der Waals surface area (Å²) in [6, 6.07) is 5.94. The van der Waals surface area contributed by atoms with E-state index in [4.69, 9.17) is 14.2 Å². The van der Waals surface area contributed by atoms with Gasteiger partial charge in [0.05, 0.1) is 26.4 Å². The second-order valence-corrected chi connectivity index (χ2v) is 6.96. The molecule has 2 rings (SSSR count). The minimum atomic E-state index is -0.781. The summed E-state index contributed by atoms with van der Waals surface area (Å²) in [6.07, 6.45) is 0.695. The van der Waals surface area contributed by atoms with Gasteiger partial charge in [-0.1, -0.05) is 26.0 Å². The number of aliphatic hydroxyl groups is 1. The lowest BCUT2D eigenvalue weighted by molar-refractivity contribution is -0.151. The van der Waals surface area contributed by atoms with Crippen molar-refractivity contribution < 1.29 is 19.3 Å². The fraction of sp³-hybridized carbons (Fsp3) is 0.667. The van der Waals surface area contributed by atoms with Crippen molar-refractivity contribution >= 4 is 0 Å². The first-order valence-corrected chi connectivity index (χ1v) is 8.00. The molecule has 0 amide bonds. The van der Waals surface area contributed by atoms with Crippen LogP contribution in [0.15, 0.2) is 18.2 Å². The van der Waals surface area contributed by atoms with Gasteiger partial charge in [-0.3, -0.25) is 4.90 Å². The molecule has 0 radical (unpaired) electrons. The average molecular weight is 323 g/mol. The van der Waals surface area contributed by atoms with Crippen LogP contribution in [0.5, 0.6) is 11.5 Å². The van der Waals surface area contributed by atoms with Crippen LogP contribution in [0.4, 0.5) is 0 Å². The highest BCUT2D eigenvalue weighted by Crippen LogP contribution is 2.40. The van der Waals surface area contributed by atoms with Gasteiger partial charge in [0, 0.05) is 37.7 Å². The zero-order valence-electron chi connectivity index (χ0n) is 14.9. The second kappa shape index (κ2) is 7.07. The molecule has 1 atom stereocenters. The number of benzene rings is 1. The van der Waals surface area contributed by atoms with E-state index in [1.165, 1.54) is 0 Å².